The fraction of sp³-hybridized carbons (Fsp3) is 0.0833. The van der Waals surface area contributed by atoms with Gasteiger partial charge in [0.15, 0.2) is 0 Å². The minimum atomic E-state index is -0.372. The van der Waals surface area contributed by atoms with Gasteiger partial charge >= 0.3 is 0 Å². The van der Waals surface area contributed by atoms with Gasteiger partial charge in [0, 0.05) is 17.3 Å². The Morgan fingerprint density at radius 2 is 2.06 bits per heavy atom. The molecule has 0 aliphatic carbocycles. The molecular weight excluding hydrogens is 227 g/mol. The molecule has 0 bridgehead atoms. The predicted octanol–water partition coefficient (Wildman–Crippen LogP) is 3.43. The Morgan fingerprint density at radius 3 is 2.75 bits per heavy atom. The van der Waals surface area contributed by atoms with E-state index in [0.29, 0.717) is 21.8 Å². The Labute approximate surface area is 97.9 Å². The number of nitrogens with two attached hydrogens (primary N) is 1. The normalized spacial score (nSPS) is 10.4. The number of aromatic nitrogens is 1. The highest BCUT2D eigenvalue weighted by Gasteiger charge is 2.13. The second-order valence-electron chi connectivity index (χ2n) is 3.50. The van der Waals surface area contributed by atoms with Gasteiger partial charge in [-0.1, -0.05) is 17.7 Å². The first-order chi connectivity index (χ1) is 7.61. The molecule has 0 unspecified atom stereocenters. The summed E-state index contributed by atoms with van der Waals surface area (Å²) in [6, 6.07) is 4.57. The molecule has 0 aliphatic heterocycles. The quantitative estimate of drug-likeness (QED) is 0.824. The van der Waals surface area contributed by atoms with E-state index in [4.69, 9.17) is 17.3 Å². The van der Waals surface area contributed by atoms with Crippen LogP contribution in [0.25, 0.3) is 11.1 Å². The molecule has 2 aromatic rings. The second kappa shape index (κ2) is 4.10. The molecule has 0 spiro atoms. The Hall–Kier alpha value is -1.61. The number of anilines is 1. The number of hydrogen-bond donors (Lipinski definition) is 1. The van der Waals surface area contributed by atoms with E-state index in [0.717, 1.165) is 5.56 Å². The molecule has 1 aromatic heterocycles. The van der Waals surface area contributed by atoms with Gasteiger partial charge in [-0.05, 0) is 24.6 Å². The molecule has 0 radical (unpaired) electrons. The van der Waals surface area contributed by atoms with E-state index in [1.807, 2.05) is 6.92 Å². The third kappa shape index (κ3) is 1.74. The van der Waals surface area contributed by atoms with Crippen molar-refractivity contribution in [3.8, 4) is 11.1 Å². The summed E-state index contributed by atoms with van der Waals surface area (Å²) in [6.07, 6.45) is 3.10. The molecule has 0 amide bonds. The van der Waals surface area contributed by atoms with Crippen LogP contribution in [0.2, 0.25) is 5.02 Å². The smallest absolute Gasteiger partial charge is 0.132 e. The van der Waals surface area contributed by atoms with Gasteiger partial charge in [0.2, 0.25) is 0 Å². The third-order valence-corrected chi connectivity index (χ3v) is 2.80. The Balaban J connectivity index is 2.73. The zero-order chi connectivity index (χ0) is 11.7. The summed E-state index contributed by atoms with van der Waals surface area (Å²) >= 11 is 5.98. The van der Waals surface area contributed by atoms with Crippen LogP contribution in [0.3, 0.4) is 0 Å². The molecule has 0 fully saturated rings. The molecule has 2 N–H and O–H groups in total. The van der Waals surface area contributed by atoms with E-state index < -0.39 is 0 Å². The van der Waals surface area contributed by atoms with E-state index in [-0.39, 0.29) is 5.82 Å². The topological polar surface area (TPSA) is 38.9 Å². The van der Waals surface area contributed by atoms with Gasteiger partial charge in [-0.25, -0.2) is 4.39 Å². The van der Waals surface area contributed by atoms with Crippen LogP contribution in [-0.2, 0) is 0 Å². The van der Waals surface area contributed by atoms with Gasteiger partial charge in [-0.2, -0.15) is 0 Å². The van der Waals surface area contributed by atoms with E-state index in [9.17, 15) is 4.39 Å². The first-order valence-corrected chi connectivity index (χ1v) is 5.13. The largest absolute Gasteiger partial charge is 0.397 e. The maximum atomic E-state index is 13.7. The number of benzene rings is 1. The molecule has 0 saturated carbocycles. The molecular formula is C12H10ClFN2. The van der Waals surface area contributed by atoms with Crippen LogP contribution in [0.4, 0.5) is 10.1 Å². The van der Waals surface area contributed by atoms with Crippen molar-refractivity contribution in [2.45, 2.75) is 6.92 Å². The average molecular weight is 237 g/mol. The first kappa shape index (κ1) is 10.9. The van der Waals surface area contributed by atoms with Gasteiger partial charge in [-0.15, -0.1) is 0 Å². The number of nitrogens with zero attached hydrogens (tertiary/aromatic N) is 1. The Morgan fingerprint density at radius 1 is 1.31 bits per heavy atom. The molecule has 16 heavy (non-hydrogen) atoms. The van der Waals surface area contributed by atoms with Crippen molar-refractivity contribution < 1.29 is 4.39 Å². The highest BCUT2D eigenvalue weighted by atomic mass is 35.5. The Kier molecular flexibility index (Phi) is 2.79. The van der Waals surface area contributed by atoms with E-state index >= 15 is 0 Å². The zero-order valence-corrected chi connectivity index (χ0v) is 9.42. The van der Waals surface area contributed by atoms with Gasteiger partial charge in [0.05, 0.1) is 16.9 Å². The predicted molar refractivity (Wildman–Crippen MR) is 63.8 cm³/mol. The standard InChI is InChI=1S/C12H10ClFN2/c1-7-8(5-16-6-11(7)15)12-9(13)3-2-4-10(12)14/h2-6H,15H2,1H3. The SMILES string of the molecule is Cc1c(N)cncc1-c1c(F)cccc1Cl. The van der Waals surface area contributed by atoms with Crippen molar-refractivity contribution in [1.82, 2.24) is 4.98 Å². The van der Waals surface area contributed by atoms with Gasteiger partial charge in [0.25, 0.3) is 0 Å². The minimum Gasteiger partial charge on any atom is -0.397 e. The van der Waals surface area contributed by atoms with E-state index in [1.54, 1.807) is 18.3 Å². The van der Waals surface area contributed by atoms with Crippen molar-refractivity contribution in [1.29, 1.82) is 0 Å². The Bertz CT molecular complexity index is 520. The minimum absolute atomic E-state index is 0.349. The van der Waals surface area contributed by atoms with Crippen molar-refractivity contribution >= 4 is 17.3 Å². The lowest BCUT2D eigenvalue weighted by atomic mass is 10.0. The van der Waals surface area contributed by atoms with Crippen molar-refractivity contribution in [3.05, 3.63) is 47.0 Å². The summed E-state index contributed by atoms with van der Waals surface area (Å²) in [4.78, 5) is 3.95. The van der Waals surface area contributed by atoms with E-state index in [1.165, 1.54) is 12.3 Å². The molecule has 0 atom stereocenters. The summed E-state index contributed by atoms with van der Waals surface area (Å²) in [5.41, 5.74) is 8.01. The summed E-state index contributed by atoms with van der Waals surface area (Å²) in [5, 5.41) is 0.357. The monoisotopic (exact) mass is 236 g/mol. The number of hydrogen-bond acceptors (Lipinski definition) is 2. The van der Waals surface area contributed by atoms with Crippen molar-refractivity contribution in [3.63, 3.8) is 0 Å². The summed E-state index contributed by atoms with van der Waals surface area (Å²) in [6.45, 7) is 1.81. The molecule has 1 aromatic carbocycles. The van der Waals surface area contributed by atoms with Crippen LogP contribution in [0.15, 0.2) is 30.6 Å². The molecule has 2 rings (SSSR count). The summed E-state index contributed by atoms with van der Waals surface area (Å²) in [5.74, 6) is -0.372. The molecule has 0 saturated heterocycles. The lowest BCUT2D eigenvalue weighted by Crippen LogP contribution is -1.96. The van der Waals surface area contributed by atoms with Crippen LogP contribution in [0.1, 0.15) is 5.56 Å². The lowest BCUT2D eigenvalue weighted by Gasteiger charge is -2.10. The third-order valence-electron chi connectivity index (χ3n) is 2.49. The number of rotatable bonds is 1. The van der Waals surface area contributed by atoms with E-state index in [2.05, 4.69) is 4.98 Å². The zero-order valence-electron chi connectivity index (χ0n) is 8.67. The van der Waals surface area contributed by atoms with Crippen molar-refractivity contribution in [2.75, 3.05) is 5.73 Å². The van der Waals surface area contributed by atoms with Crippen LogP contribution in [0.5, 0.6) is 0 Å². The van der Waals surface area contributed by atoms with Crippen molar-refractivity contribution in [2.24, 2.45) is 0 Å². The summed E-state index contributed by atoms with van der Waals surface area (Å²) in [7, 11) is 0. The highest BCUT2D eigenvalue weighted by Crippen LogP contribution is 2.33. The molecule has 1 heterocycles. The fourth-order valence-corrected chi connectivity index (χ4v) is 1.81. The van der Waals surface area contributed by atoms with Gasteiger partial charge in [-0.3, -0.25) is 4.98 Å². The van der Waals surface area contributed by atoms with Crippen LogP contribution >= 0.6 is 11.6 Å². The lowest BCUT2D eigenvalue weighted by molar-refractivity contribution is 0.631. The van der Waals surface area contributed by atoms with Gasteiger partial charge < -0.3 is 5.73 Å². The van der Waals surface area contributed by atoms with Gasteiger partial charge in [0.1, 0.15) is 5.82 Å². The van der Waals surface area contributed by atoms with Crippen LogP contribution in [-0.4, -0.2) is 4.98 Å². The second-order valence-corrected chi connectivity index (χ2v) is 3.91. The fourth-order valence-electron chi connectivity index (χ4n) is 1.55. The maximum Gasteiger partial charge on any atom is 0.132 e. The number of nitrogen functional groups attached to an aromatic ring is 1. The number of halogens is 2. The highest BCUT2D eigenvalue weighted by molar-refractivity contribution is 6.33. The molecule has 82 valence electrons. The maximum absolute atomic E-state index is 13.7. The molecule has 4 heteroatoms. The first-order valence-electron chi connectivity index (χ1n) is 4.75. The summed E-state index contributed by atoms with van der Waals surface area (Å²) < 4.78 is 13.7. The molecule has 0 aliphatic rings. The molecule has 2 nitrogen and oxygen atoms in total. The average Bonchev–Trinajstić information content (AvgIpc) is 2.24. The van der Waals surface area contributed by atoms with Crippen LogP contribution < -0.4 is 5.73 Å². The van der Waals surface area contributed by atoms with Crippen LogP contribution in [0, 0.1) is 12.7 Å². The number of pyridine rings is 1.